The lowest BCUT2D eigenvalue weighted by Crippen LogP contribution is -3.14. The Kier molecular flexibility index (Phi) is 5.00. The molecule has 0 radical (unpaired) electrons. The first kappa shape index (κ1) is 17.9. The molecule has 3 aliphatic rings. The second-order valence-electron chi connectivity index (χ2n) is 7.25. The number of nitrogens with one attached hydrogen (secondary N) is 2. The molecule has 0 aliphatic carbocycles. The van der Waals surface area contributed by atoms with Crippen molar-refractivity contribution in [3.8, 4) is 0 Å². The minimum absolute atomic E-state index is 0.149. The standard InChI is InChI=1S/C18H25N3O4S/c22-17-3-2-14-12-16(13-15-4-7-21(17)18(14)15)26(23,24)19-5-1-6-20-8-10-25-11-9-20/h12-13,19H,1-11H2/p+1. The van der Waals surface area contributed by atoms with Crippen molar-refractivity contribution in [2.45, 2.75) is 30.6 Å². The first-order valence-electron chi connectivity index (χ1n) is 9.42. The number of anilines is 1. The normalized spacial score (nSPS) is 20.5. The molecule has 4 rings (SSSR count). The topological polar surface area (TPSA) is 80.2 Å². The Morgan fingerprint density at radius 2 is 1.85 bits per heavy atom. The number of carbonyl (C=O) groups excluding carboxylic acids is 1. The van der Waals surface area contributed by atoms with Gasteiger partial charge in [-0.25, -0.2) is 13.1 Å². The van der Waals surface area contributed by atoms with Crippen LogP contribution in [0.2, 0.25) is 0 Å². The number of aryl methyl sites for hydroxylation is 1. The van der Waals surface area contributed by atoms with Crippen molar-refractivity contribution >= 4 is 21.6 Å². The van der Waals surface area contributed by atoms with Gasteiger partial charge in [0.1, 0.15) is 13.1 Å². The Hall–Kier alpha value is -1.48. The molecule has 0 saturated carbocycles. The molecule has 1 amide bonds. The van der Waals surface area contributed by atoms with Crippen LogP contribution in [-0.2, 0) is 32.4 Å². The van der Waals surface area contributed by atoms with Gasteiger partial charge in [0.15, 0.2) is 0 Å². The van der Waals surface area contributed by atoms with Crippen molar-refractivity contribution in [3.63, 3.8) is 0 Å². The molecule has 142 valence electrons. The first-order chi connectivity index (χ1) is 12.5. The van der Waals surface area contributed by atoms with Crippen molar-refractivity contribution in [2.24, 2.45) is 0 Å². The number of rotatable bonds is 6. The van der Waals surface area contributed by atoms with E-state index in [4.69, 9.17) is 4.74 Å². The zero-order valence-corrected chi connectivity index (χ0v) is 15.7. The summed E-state index contributed by atoms with van der Waals surface area (Å²) in [5.74, 6) is 0.149. The van der Waals surface area contributed by atoms with Crippen molar-refractivity contribution in [1.82, 2.24) is 4.72 Å². The lowest BCUT2D eigenvalue weighted by Gasteiger charge is -2.25. The molecule has 0 bridgehead atoms. The number of morpholine rings is 1. The predicted octanol–water partition coefficient (Wildman–Crippen LogP) is -0.895. The fraction of sp³-hybridized carbons (Fsp3) is 0.611. The lowest BCUT2D eigenvalue weighted by molar-refractivity contribution is -0.908. The minimum Gasteiger partial charge on any atom is -0.370 e. The van der Waals surface area contributed by atoms with E-state index in [0.29, 0.717) is 30.8 Å². The van der Waals surface area contributed by atoms with Gasteiger partial charge < -0.3 is 14.5 Å². The Balaban J connectivity index is 1.41. The van der Waals surface area contributed by atoms with E-state index in [1.54, 1.807) is 12.1 Å². The number of sulfonamides is 1. The molecule has 0 spiro atoms. The molecule has 0 unspecified atom stereocenters. The van der Waals surface area contributed by atoms with Crippen LogP contribution >= 0.6 is 0 Å². The Labute approximate surface area is 154 Å². The maximum absolute atomic E-state index is 12.7. The van der Waals surface area contributed by atoms with Crippen LogP contribution < -0.4 is 14.5 Å². The quantitative estimate of drug-likeness (QED) is 0.628. The van der Waals surface area contributed by atoms with Gasteiger partial charge in [-0.15, -0.1) is 0 Å². The first-order valence-corrected chi connectivity index (χ1v) is 10.9. The van der Waals surface area contributed by atoms with E-state index < -0.39 is 10.0 Å². The Morgan fingerprint density at radius 1 is 1.12 bits per heavy atom. The predicted molar refractivity (Wildman–Crippen MR) is 97.0 cm³/mol. The highest BCUT2D eigenvalue weighted by Gasteiger charge is 2.32. The molecule has 8 heteroatoms. The van der Waals surface area contributed by atoms with Crippen LogP contribution in [0.25, 0.3) is 0 Å². The van der Waals surface area contributed by atoms with Crippen molar-refractivity contribution in [2.75, 3.05) is 50.8 Å². The minimum atomic E-state index is -3.51. The number of carbonyl (C=O) groups is 1. The smallest absolute Gasteiger partial charge is 0.240 e. The van der Waals surface area contributed by atoms with Gasteiger partial charge >= 0.3 is 0 Å². The number of nitrogens with zero attached hydrogens (tertiary/aromatic N) is 1. The van der Waals surface area contributed by atoms with Gasteiger partial charge in [0.25, 0.3) is 0 Å². The molecule has 26 heavy (non-hydrogen) atoms. The van der Waals surface area contributed by atoms with Gasteiger partial charge in [0, 0.05) is 25.9 Å². The highest BCUT2D eigenvalue weighted by Crippen LogP contribution is 2.38. The number of ether oxygens (including phenoxy) is 1. The van der Waals surface area contributed by atoms with E-state index in [-0.39, 0.29) is 5.91 Å². The van der Waals surface area contributed by atoms with Crippen LogP contribution in [0.15, 0.2) is 17.0 Å². The average molecular weight is 380 g/mol. The van der Waals surface area contributed by atoms with Crippen LogP contribution in [0.4, 0.5) is 5.69 Å². The fourth-order valence-corrected chi connectivity index (χ4v) is 5.29. The van der Waals surface area contributed by atoms with Crippen molar-refractivity contribution < 1.29 is 22.8 Å². The highest BCUT2D eigenvalue weighted by atomic mass is 32.2. The van der Waals surface area contributed by atoms with E-state index in [0.717, 1.165) is 62.5 Å². The van der Waals surface area contributed by atoms with Crippen LogP contribution in [0.3, 0.4) is 0 Å². The van der Waals surface area contributed by atoms with Crippen LogP contribution in [0.5, 0.6) is 0 Å². The molecular formula is C18H26N3O4S+. The Bertz CT molecular complexity index is 803. The van der Waals surface area contributed by atoms with Gasteiger partial charge in [-0.2, -0.15) is 0 Å². The molecule has 7 nitrogen and oxygen atoms in total. The molecule has 0 atom stereocenters. The molecule has 1 aromatic carbocycles. The second-order valence-corrected chi connectivity index (χ2v) is 9.02. The van der Waals surface area contributed by atoms with E-state index in [2.05, 4.69) is 4.72 Å². The Morgan fingerprint density at radius 3 is 2.62 bits per heavy atom. The summed E-state index contributed by atoms with van der Waals surface area (Å²) in [6.45, 7) is 5.64. The summed E-state index contributed by atoms with van der Waals surface area (Å²) in [6, 6.07) is 3.49. The highest BCUT2D eigenvalue weighted by molar-refractivity contribution is 7.89. The number of hydrogen-bond donors (Lipinski definition) is 2. The third kappa shape index (κ3) is 3.51. The molecular weight excluding hydrogens is 354 g/mol. The number of hydrogen-bond acceptors (Lipinski definition) is 4. The zero-order valence-electron chi connectivity index (χ0n) is 14.9. The molecule has 1 fully saturated rings. The van der Waals surface area contributed by atoms with Gasteiger partial charge in [-0.1, -0.05) is 0 Å². The van der Waals surface area contributed by atoms with Gasteiger partial charge in [0.2, 0.25) is 15.9 Å². The average Bonchev–Trinajstić information content (AvgIpc) is 3.08. The molecule has 3 heterocycles. The second kappa shape index (κ2) is 7.26. The molecule has 2 N–H and O–H groups in total. The van der Waals surface area contributed by atoms with E-state index in [1.165, 1.54) is 4.90 Å². The summed E-state index contributed by atoms with van der Waals surface area (Å²) in [4.78, 5) is 15.6. The number of quaternary nitrogens is 1. The van der Waals surface area contributed by atoms with E-state index in [1.807, 2.05) is 4.90 Å². The summed E-state index contributed by atoms with van der Waals surface area (Å²) in [5.41, 5.74) is 2.92. The number of benzene rings is 1. The van der Waals surface area contributed by atoms with Crippen molar-refractivity contribution in [1.29, 1.82) is 0 Å². The molecule has 1 aromatic rings. The summed E-state index contributed by atoms with van der Waals surface area (Å²) >= 11 is 0. The largest absolute Gasteiger partial charge is 0.370 e. The van der Waals surface area contributed by atoms with Crippen LogP contribution in [0.1, 0.15) is 24.0 Å². The third-order valence-corrected chi connectivity index (χ3v) is 6.98. The monoisotopic (exact) mass is 380 g/mol. The molecule has 3 aliphatic heterocycles. The number of amides is 1. The molecule has 1 saturated heterocycles. The van der Waals surface area contributed by atoms with Crippen LogP contribution in [0, 0.1) is 0 Å². The van der Waals surface area contributed by atoms with E-state index >= 15 is 0 Å². The lowest BCUT2D eigenvalue weighted by atomic mass is 10.00. The zero-order chi connectivity index (χ0) is 18.1. The van der Waals surface area contributed by atoms with Crippen LogP contribution in [-0.4, -0.2) is 60.3 Å². The summed E-state index contributed by atoms with van der Waals surface area (Å²) in [6.07, 6.45) is 2.64. The van der Waals surface area contributed by atoms with E-state index in [9.17, 15) is 13.2 Å². The summed E-state index contributed by atoms with van der Waals surface area (Å²) in [5, 5.41) is 0. The SMILES string of the molecule is O=C1CCc2cc(S(=O)(=O)NCCC[NH+]3CCOCC3)cc3c2N1CC3. The fourth-order valence-electron chi connectivity index (χ4n) is 4.12. The van der Waals surface area contributed by atoms with Gasteiger partial charge in [-0.05, 0) is 36.1 Å². The third-order valence-electron chi connectivity index (χ3n) is 5.53. The van der Waals surface area contributed by atoms with Crippen molar-refractivity contribution in [3.05, 3.63) is 23.3 Å². The molecule has 0 aromatic heterocycles. The maximum Gasteiger partial charge on any atom is 0.240 e. The summed E-state index contributed by atoms with van der Waals surface area (Å²) in [7, 11) is -3.51. The van der Waals surface area contributed by atoms with Gasteiger partial charge in [0.05, 0.1) is 30.3 Å². The maximum atomic E-state index is 12.7. The van der Waals surface area contributed by atoms with Gasteiger partial charge in [-0.3, -0.25) is 4.79 Å². The summed E-state index contributed by atoms with van der Waals surface area (Å²) < 4.78 is 33.5.